The molecule has 26 heteroatoms. The van der Waals surface area contributed by atoms with Crippen LogP contribution in [0, 0.1) is 34.5 Å². The number of fused-ring (bicyclic) bond motifs is 2. The predicted molar refractivity (Wildman–Crippen MR) is 363 cm³/mol. The number of alkyl carbamates (subject to hydrolysis) is 2. The number of unbranched alkanes of at least 4 members (excludes halogenated alkanes) is 4. The summed E-state index contributed by atoms with van der Waals surface area (Å²) in [6, 6.07) is 12.7. The first kappa shape index (κ1) is 83.8. The van der Waals surface area contributed by atoms with Crippen LogP contribution >= 0.6 is 0 Å². The van der Waals surface area contributed by atoms with E-state index in [1.165, 1.54) is 46.0 Å². The maximum absolute atomic E-state index is 14.4. The summed E-state index contributed by atoms with van der Waals surface area (Å²) < 4.78 is 31.3. The lowest BCUT2D eigenvalue weighted by atomic mass is 9.99. The van der Waals surface area contributed by atoms with Crippen molar-refractivity contribution in [1.82, 2.24) is 35.6 Å². The van der Waals surface area contributed by atoms with E-state index in [1.807, 2.05) is 94.4 Å². The average molecular weight is 1390 g/mol. The van der Waals surface area contributed by atoms with Gasteiger partial charge in [-0.2, -0.15) is 0 Å². The summed E-state index contributed by atoms with van der Waals surface area (Å²) in [5, 5.41) is 17.9. The molecule has 7 N–H and O–H groups in total. The number of nitrogens with zero attached hydrogens (tertiary/aromatic N) is 4. The molecule has 2 aliphatic heterocycles. The summed E-state index contributed by atoms with van der Waals surface area (Å²) in [5.74, 6) is -3.74. The predicted octanol–water partition coefficient (Wildman–Crippen LogP) is 5.38. The Morgan fingerprint density at radius 1 is 0.582 bits per heavy atom. The molecular formula is C72H107ClN8O17. The van der Waals surface area contributed by atoms with E-state index in [0.29, 0.717) is 12.8 Å². The van der Waals surface area contributed by atoms with Crippen LogP contribution in [0.1, 0.15) is 132 Å². The minimum absolute atomic E-state index is 0. The molecule has 2 aromatic rings. The molecule has 0 aromatic heterocycles. The van der Waals surface area contributed by atoms with Gasteiger partial charge in [0.25, 0.3) is 0 Å². The van der Waals surface area contributed by atoms with Crippen LogP contribution in [0.15, 0.2) is 111 Å². The molecule has 2 saturated carbocycles. The number of quaternary nitrogens is 1. The quantitative estimate of drug-likeness (QED) is 0.0274. The molecule has 0 bridgehead atoms. The smallest absolute Gasteiger partial charge is 0.410 e. The summed E-state index contributed by atoms with van der Waals surface area (Å²) in [4.78, 5) is 135. The molecule has 0 radical (unpaired) electrons. The number of allylic oxidation sites excluding steroid dienone is 2. The molecule has 0 spiro atoms. The highest BCUT2D eigenvalue weighted by atomic mass is 35.5. The third-order valence-corrected chi connectivity index (χ3v) is 17.6. The van der Waals surface area contributed by atoms with Crippen LogP contribution in [0.4, 0.5) is 19.2 Å². The van der Waals surface area contributed by atoms with Crippen molar-refractivity contribution in [2.45, 2.75) is 181 Å². The lowest BCUT2D eigenvalue weighted by molar-refractivity contribution is -0.409. The van der Waals surface area contributed by atoms with Gasteiger partial charge in [0.15, 0.2) is 6.04 Å². The molecular weight excluding hydrogens is 1280 g/mol. The number of piperidine rings is 2. The summed E-state index contributed by atoms with van der Waals surface area (Å²) >= 11 is 0. The Hall–Kier alpha value is -8.45. The first-order valence-electron chi connectivity index (χ1n) is 33.1. The van der Waals surface area contributed by atoms with Crippen molar-refractivity contribution in [3.63, 3.8) is 0 Å². The largest absolute Gasteiger partial charge is 1.00 e. The van der Waals surface area contributed by atoms with E-state index in [1.54, 1.807) is 47.6 Å². The highest BCUT2D eigenvalue weighted by molar-refractivity contribution is 5.95. The molecule has 4 fully saturated rings. The van der Waals surface area contributed by atoms with Gasteiger partial charge in [-0.3, -0.25) is 14.4 Å². The second-order valence-electron chi connectivity index (χ2n) is 27.9. The zero-order chi connectivity index (χ0) is 72.6. The number of hydrogen-bond donors (Lipinski definition) is 5. The molecule has 4 aliphatic rings. The van der Waals surface area contributed by atoms with Crippen LogP contribution in [0.5, 0.6) is 0 Å². The number of ether oxygens (including phenoxy) is 6. The topological polar surface area (TPSA) is 323 Å². The van der Waals surface area contributed by atoms with E-state index >= 15 is 0 Å². The highest BCUT2D eigenvalue weighted by Crippen LogP contribution is 2.66. The third kappa shape index (κ3) is 25.1. The normalized spacial score (nSPS) is 19.8. The van der Waals surface area contributed by atoms with Gasteiger partial charge in [0.1, 0.15) is 54.6 Å². The van der Waals surface area contributed by atoms with Crippen LogP contribution in [-0.4, -0.2) is 186 Å². The Balaban J connectivity index is 0.000000442. The standard InChI is InChI=1S/C36H52N4O8.C27H37N3O7.C9H17NO2.ClH/c1-9-11-12-16-19-26(32(43)46-8)37-30(41)29-28-25(36(28,6)7)21-40(29)31(42)27(38-33(44)48-35(3,4)5)22-39(20-10-2)34(45)47-23-24-17-14-13-15-18-24;1-7-13-29(25(35)36-16-17-11-9-8-10-12-17)15-19(28-24(34)37-26(2,3)4)22(31)30-14-18-20(27(18,5)6)21(30)23(32)33;1-3-4-5-6-7-8(10)9(11)12-2;/h9-10,13-15,17-18,25-29H,1-2,11-12,16,19-23H2,3-8H3,(H,37,41)(H,38,44);7-12,18-21H,1,13-16H2,2-6H3,(H,28,34)(H,32,33);3,8H,1,4-7,10H2,2H3;1H/t25-,26-,27-,28-,29-;18-,19-,20-,21-;8-;/m000./s1. The van der Waals surface area contributed by atoms with Gasteiger partial charge in [-0.15, -0.1) is 26.3 Å². The number of carboxylic acids is 1. The van der Waals surface area contributed by atoms with E-state index in [0.717, 1.165) is 49.7 Å². The van der Waals surface area contributed by atoms with Crippen molar-refractivity contribution < 1.29 is 99.6 Å². The number of halogens is 1. The zero-order valence-electron chi connectivity index (χ0n) is 59.4. The first-order chi connectivity index (χ1) is 45.6. The van der Waals surface area contributed by atoms with Crippen LogP contribution in [0.2, 0.25) is 0 Å². The van der Waals surface area contributed by atoms with E-state index in [2.05, 4.69) is 52.7 Å². The Kier molecular flexibility index (Phi) is 33.0. The summed E-state index contributed by atoms with van der Waals surface area (Å²) in [6.07, 6.45) is 10.0. The number of methoxy groups -OCH3 is 2. The number of aliphatic carboxylic acids is 1. The van der Waals surface area contributed by atoms with Crippen molar-refractivity contribution >= 4 is 60.0 Å². The van der Waals surface area contributed by atoms with E-state index < -0.39 is 95.4 Å². The second-order valence-corrected chi connectivity index (χ2v) is 27.9. The van der Waals surface area contributed by atoms with Crippen LogP contribution in [0.25, 0.3) is 0 Å². The van der Waals surface area contributed by atoms with Gasteiger partial charge in [-0.05, 0) is 120 Å². The Morgan fingerprint density at radius 2 is 0.969 bits per heavy atom. The molecule has 25 nitrogen and oxygen atoms in total. The molecule has 10 atom stereocenters. The summed E-state index contributed by atoms with van der Waals surface area (Å²) in [5.41, 5.74) is 3.20. The maximum atomic E-state index is 14.4. The molecule has 6 rings (SSSR count). The lowest BCUT2D eigenvalue weighted by Gasteiger charge is -2.35. The van der Waals surface area contributed by atoms with E-state index in [9.17, 15) is 53.1 Å². The Bertz CT molecular complexity index is 3040. The van der Waals surface area contributed by atoms with Gasteiger partial charge in [0.05, 0.1) is 27.3 Å². The van der Waals surface area contributed by atoms with Gasteiger partial charge in [0.2, 0.25) is 17.7 Å². The number of benzene rings is 2. The van der Waals surface area contributed by atoms with Crippen LogP contribution in [0.3, 0.4) is 0 Å². The minimum atomic E-state index is -1.28. The monoisotopic (exact) mass is 1390 g/mol. The molecule has 2 saturated heterocycles. The number of carbonyl (C=O) groups is 10. The molecule has 7 amide bonds. The lowest BCUT2D eigenvalue weighted by Crippen LogP contribution is -3.00. The first-order valence-corrected chi connectivity index (χ1v) is 33.1. The second kappa shape index (κ2) is 38.6. The van der Waals surface area contributed by atoms with Crippen LogP contribution < -0.4 is 34.1 Å². The van der Waals surface area contributed by atoms with E-state index in [4.69, 9.17) is 23.7 Å². The molecule has 544 valence electrons. The van der Waals surface area contributed by atoms with Gasteiger partial charge in [0, 0.05) is 38.5 Å². The van der Waals surface area contributed by atoms with Gasteiger partial charge < -0.3 is 87.2 Å². The zero-order valence-corrected chi connectivity index (χ0v) is 60.1. The van der Waals surface area contributed by atoms with Crippen molar-refractivity contribution in [2.75, 3.05) is 53.5 Å². The summed E-state index contributed by atoms with van der Waals surface area (Å²) in [7, 11) is 2.66. The molecule has 0 unspecified atom stereocenters. The molecule has 2 aromatic carbocycles. The maximum Gasteiger partial charge on any atom is 0.410 e. The van der Waals surface area contributed by atoms with Crippen molar-refractivity contribution in [1.29, 1.82) is 0 Å². The number of hydrogen-bond acceptors (Lipinski definition) is 16. The van der Waals surface area contributed by atoms with Gasteiger partial charge in [-0.1, -0.05) is 119 Å². The molecule has 2 aliphatic carbocycles. The minimum Gasteiger partial charge on any atom is -1.00 e. The highest BCUT2D eigenvalue weighted by Gasteiger charge is 2.71. The fourth-order valence-corrected chi connectivity index (χ4v) is 12.3. The van der Waals surface area contributed by atoms with Gasteiger partial charge in [-0.25, -0.2) is 33.6 Å². The number of amides is 7. The molecule has 98 heavy (non-hydrogen) atoms. The van der Waals surface area contributed by atoms with Crippen molar-refractivity contribution in [3.05, 3.63) is 122 Å². The summed E-state index contributed by atoms with van der Waals surface area (Å²) in [6.45, 7) is 33.1. The number of carboxylic acid groups (broad SMARTS) is 1. The number of nitrogens with one attached hydrogen (secondary N) is 3. The number of rotatable bonds is 31. The van der Waals surface area contributed by atoms with Crippen LogP contribution in [-0.2, 0) is 70.4 Å². The van der Waals surface area contributed by atoms with E-state index in [-0.39, 0.29) is 111 Å². The van der Waals surface area contributed by atoms with Crippen molar-refractivity contribution in [3.8, 4) is 0 Å². The Labute approximate surface area is 584 Å². The number of carbonyl (C=O) groups excluding carboxylic acids is 9. The SMILES string of the molecule is C=CCCCC[C@H](NC(=O)[C@@H]1[C@@H]2[C@H](CN1C(=O)[C@H](CN(CC=C)C(=O)OCc1ccccc1)NC(=O)OC(C)(C)C)C2(C)C)C(=O)OC.C=CCCCC[C@H]([NH3+])C(=O)OC.C=CCN(C[C@H](NC(=O)OC(C)(C)C)C(=O)N1C[C@H]2[C@@H]([C@H]1C(=O)O)C2(C)C)C(=O)OCc1ccccc1.[Cl-]. The fraction of sp³-hybridized carbons (Fsp3) is 0.583. The molecule has 2 heterocycles. The fourth-order valence-electron chi connectivity index (χ4n) is 12.3. The number of likely N-dealkylation sites (tertiary alicyclic amines) is 2. The van der Waals surface area contributed by atoms with Gasteiger partial charge >= 0.3 is 42.3 Å². The Morgan fingerprint density at radius 3 is 1.34 bits per heavy atom. The number of esters is 2. The average Bonchev–Trinajstić information content (AvgIpc) is 1.54. The van der Waals surface area contributed by atoms with Crippen molar-refractivity contribution in [2.24, 2.45) is 34.5 Å². The third-order valence-electron chi connectivity index (χ3n) is 17.6.